The first kappa shape index (κ1) is 17.6. The third-order valence-electron chi connectivity index (χ3n) is 4.06. The van der Waals surface area contributed by atoms with Gasteiger partial charge in [-0.1, -0.05) is 56.8 Å². The van der Waals surface area contributed by atoms with Crippen LogP contribution in [0.3, 0.4) is 0 Å². The Kier molecular flexibility index (Phi) is 4.58. The van der Waals surface area contributed by atoms with Crippen LogP contribution in [0, 0.1) is 0 Å². The average molecular weight is 356 g/mol. The lowest BCUT2D eigenvalue weighted by atomic mass is 9.97. The first-order chi connectivity index (χ1) is 11.2. The van der Waals surface area contributed by atoms with Crippen LogP contribution in [0.2, 0.25) is 5.04 Å². The summed E-state index contributed by atoms with van der Waals surface area (Å²) in [5.41, 5.74) is 3.48. The van der Waals surface area contributed by atoms with Gasteiger partial charge in [-0.05, 0) is 42.6 Å². The molecule has 2 nitrogen and oxygen atoms in total. The first-order valence-electron chi connectivity index (χ1n) is 8.28. The summed E-state index contributed by atoms with van der Waals surface area (Å²) in [7, 11) is 2.61. The highest BCUT2D eigenvalue weighted by atomic mass is 32.2. The lowest BCUT2D eigenvalue weighted by molar-refractivity contribution is 0.106. The summed E-state index contributed by atoms with van der Waals surface area (Å²) in [5.74, 6) is 0. The zero-order valence-electron chi connectivity index (χ0n) is 15.3. The molecular weight excluding hydrogens is 330 g/mol. The standard InChI is InChI=1S/C20H25NOSSi/c1-19(2,3)24-22-20(4,5)14-10-9-12-16-18(14)23-17-13-8-7-11-15(17)21(16)6/h7-13H,1-6H3. The topological polar surface area (TPSA) is 12.5 Å². The number of hydrogen-bond donors (Lipinski definition) is 0. The van der Waals surface area contributed by atoms with Crippen molar-refractivity contribution in [2.24, 2.45) is 0 Å². The molecule has 1 aliphatic heterocycles. The quantitative estimate of drug-likeness (QED) is 0.626. The molecular formula is C20H25NOSSi. The molecule has 2 aromatic rings. The average Bonchev–Trinajstić information content (AvgIpc) is 2.52. The van der Waals surface area contributed by atoms with E-state index in [0.29, 0.717) is 9.76 Å². The van der Waals surface area contributed by atoms with Gasteiger partial charge in [0.2, 0.25) is 9.76 Å². The third-order valence-corrected chi connectivity index (χ3v) is 6.48. The van der Waals surface area contributed by atoms with E-state index in [-0.39, 0.29) is 10.6 Å². The largest absolute Gasteiger partial charge is 0.408 e. The van der Waals surface area contributed by atoms with E-state index >= 15 is 0 Å². The van der Waals surface area contributed by atoms with Crippen molar-refractivity contribution < 1.29 is 4.43 Å². The highest BCUT2D eigenvalue weighted by Gasteiger charge is 2.31. The number of benzene rings is 2. The van der Waals surface area contributed by atoms with Gasteiger partial charge in [-0.15, -0.1) is 0 Å². The summed E-state index contributed by atoms with van der Waals surface area (Å²) in [6.45, 7) is 11.0. The fraction of sp³-hybridized carbons (Fsp3) is 0.400. The van der Waals surface area contributed by atoms with Gasteiger partial charge in [-0.2, -0.15) is 0 Å². The van der Waals surface area contributed by atoms with Crippen molar-refractivity contribution in [3.05, 3.63) is 48.0 Å². The van der Waals surface area contributed by atoms with E-state index in [1.807, 2.05) is 11.8 Å². The number of para-hydroxylation sites is 1. The smallest absolute Gasteiger partial charge is 0.236 e. The van der Waals surface area contributed by atoms with E-state index in [9.17, 15) is 0 Å². The second-order valence-electron chi connectivity index (χ2n) is 7.75. The van der Waals surface area contributed by atoms with Crippen LogP contribution in [0.25, 0.3) is 0 Å². The van der Waals surface area contributed by atoms with Gasteiger partial charge in [0, 0.05) is 16.8 Å². The first-order valence-corrected chi connectivity index (χ1v) is 10.0. The Labute approximate surface area is 152 Å². The lowest BCUT2D eigenvalue weighted by Gasteiger charge is -2.36. The predicted molar refractivity (Wildman–Crippen MR) is 105 cm³/mol. The maximum atomic E-state index is 6.37. The molecule has 24 heavy (non-hydrogen) atoms. The molecule has 2 aromatic carbocycles. The molecule has 0 spiro atoms. The van der Waals surface area contributed by atoms with Crippen molar-refractivity contribution in [3.8, 4) is 0 Å². The summed E-state index contributed by atoms with van der Waals surface area (Å²) >= 11 is 1.85. The monoisotopic (exact) mass is 355 g/mol. The minimum Gasteiger partial charge on any atom is -0.408 e. The molecule has 0 unspecified atom stereocenters. The lowest BCUT2D eigenvalue weighted by Crippen LogP contribution is -2.29. The third kappa shape index (κ3) is 3.41. The molecule has 0 fully saturated rings. The van der Waals surface area contributed by atoms with Gasteiger partial charge in [0.25, 0.3) is 0 Å². The Morgan fingerprint density at radius 3 is 2.29 bits per heavy atom. The SMILES string of the molecule is CN1c2ccccc2Sc2c1cccc2C(C)(C)O[Si]C(C)(C)C. The summed E-state index contributed by atoms with van der Waals surface area (Å²) in [6.07, 6.45) is 0. The van der Waals surface area contributed by atoms with Crippen LogP contribution < -0.4 is 4.90 Å². The molecule has 0 N–H and O–H groups in total. The second-order valence-corrected chi connectivity index (χ2v) is 10.7. The van der Waals surface area contributed by atoms with Crippen molar-refractivity contribution >= 4 is 32.9 Å². The van der Waals surface area contributed by atoms with Crippen molar-refractivity contribution in [1.29, 1.82) is 0 Å². The number of hydrogen-bond acceptors (Lipinski definition) is 3. The minimum atomic E-state index is -0.308. The van der Waals surface area contributed by atoms with E-state index < -0.39 is 0 Å². The predicted octanol–water partition coefficient (Wildman–Crippen LogP) is 6.01. The normalized spacial score (nSPS) is 14.3. The fourth-order valence-corrected chi connectivity index (χ4v) is 4.85. The van der Waals surface area contributed by atoms with E-state index in [4.69, 9.17) is 4.43 Å². The molecule has 1 aliphatic rings. The highest BCUT2D eigenvalue weighted by Crippen LogP contribution is 2.51. The van der Waals surface area contributed by atoms with Gasteiger partial charge in [0.05, 0.1) is 17.0 Å². The number of nitrogens with zero attached hydrogens (tertiary/aromatic N) is 1. The van der Waals surface area contributed by atoms with Crippen LogP contribution in [-0.2, 0) is 10.0 Å². The molecule has 0 amide bonds. The Hall–Kier alpha value is -1.23. The Bertz CT molecular complexity index is 752. The number of fused-ring (bicyclic) bond motifs is 2. The maximum absolute atomic E-state index is 6.37. The van der Waals surface area contributed by atoms with Crippen molar-refractivity contribution in [3.63, 3.8) is 0 Å². The molecule has 0 bridgehead atoms. The van der Waals surface area contributed by atoms with Crippen LogP contribution in [0.15, 0.2) is 52.3 Å². The summed E-state index contributed by atoms with van der Waals surface area (Å²) < 4.78 is 6.37. The van der Waals surface area contributed by atoms with E-state index in [1.165, 1.54) is 26.7 Å². The second kappa shape index (κ2) is 6.25. The zero-order chi connectivity index (χ0) is 17.5. The van der Waals surface area contributed by atoms with Crippen molar-refractivity contribution in [2.45, 2.75) is 55.0 Å². The van der Waals surface area contributed by atoms with E-state index in [2.05, 4.69) is 89.0 Å². The molecule has 0 aromatic heterocycles. The zero-order valence-corrected chi connectivity index (χ0v) is 17.1. The van der Waals surface area contributed by atoms with Gasteiger partial charge in [0.1, 0.15) is 0 Å². The van der Waals surface area contributed by atoms with Gasteiger partial charge < -0.3 is 9.33 Å². The van der Waals surface area contributed by atoms with Gasteiger partial charge >= 0.3 is 0 Å². The van der Waals surface area contributed by atoms with Crippen LogP contribution in [0.5, 0.6) is 0 Å². The molecule has 0 aliphatic carbocycles. The van der Waals surface area contributed by atoms with Crippen LogP contribution in [-0.4, -0.2) is 16.8 Å². The highest BCUT2D eigenvalue weighted by molar-refractivity contribution is 7.99. The molecule has 4 heteroatoms. The minimum absolute atomic E-state index is 0.183. The fourth-order valence-electron chi connectivity index (χ4n) is 2.77. The molecule has 1 heterocycles. The summed E-state index contributed by atoms with van der Waals surface area (Å²) in [4.78, 5) is 4.89. The van der Waals surface area contributed by atoms with Crippen LogP contribution in [0.1, 0.15) is 40.2 Å². The van der Waals surface area contributed by atoms with Crippen LogP contribution in [0.4, 0.5) is 11.4 Å². The van der Waals surface area contributed by atoms with Crippen molar-refractivity contribution in [2.75, 3.05) is 11.9 Å². The molecule has 126 valence electrons. The maximum Gasteiger partial charge on any atom is 0.236 e. The molecule has 0 saturated heterocycles. The van der Waals surface area contributed by atoms with E-state index in [0.717, 1.165) is 0 Å². The molecule has 2 radical (unpaired) electrons. The van der Waals surface area contributed by atoms with Crippen molar-refractivity contribution in [1.82, 2.24) is 0 Å². The van der Waals surface area contributed by atoms with Crippen LogP contribution >= 0.6 is 11.8 Å². The van der Waals surface area contributed by atoms with Gasteiger partial charge in [0.15, 0.2) is 0 Å². The summed E-state index contributed by atoms with van der Waals surface area (Å²) in [6, 6.07) is 15.1. The molecule has 0 saturated carbocycles. The van der Waals surface area contributed by atoms with Gasteiger partial charge in [-0.25, -0.2) is 0 Å². The Morgan fingerprint density at radius 1 is 0.917 bits per heavy atom. The Morgan fingerprint density at radius 2 is 1.58 bits per heavy atom. The number of rotatable bonds is 3. The van der Waals surface area contributed by atoms with Gasteiger partial charge in [-0.3, -0.25) is 0 Å². The number of anilines is 2. The molecule has 3 rings (SSSR count). The molecule has 0 atom stereocenters. The summed E-state index contributed by atoms with van der Waals surface area (Å²) in [5, 5.41) is 0.183. The Balaban J connectivity index is 2.00. The van der Waals surface area contributed by atoms with E-state index in [1.54, 1.807) is 0 Å².